The normalized spacial score (nSPS) is 14.2. The molecular formula is C26H37N3S. The van der Waals surface area contributed by atoms with Crippen LogP contribution in [-0.4, -0.2) is 29.1 Å². The minimum atomic E-state index is 0.381. The van der Waals surface area contributed by atoms with E-state index >= 15 is 0 Å². The summed E-state index contributed by atoms with van der Waals surface area (Å²) < 4.78 is 0. The summed E-state index contributed by atoms with van der Waals surface area (Å²) in [4.78, 5) is 4.90. The lowest BCUT2D eigenvalue weighted by molar-refractivity contribution is 0.319. The Bertz CT molecular complexity index is 848. The van der Waals surface area contributed by atoms with Gasteiger partial charge in [-0.1, -0.05) is 44.5 Å². The number of nitrogens with one attached hydrogen (secondary N) is 1. The van der Waals surface area contributed by atoms with Gasteiger partial charge in [0.1, 0.15) is 0 Å². The van der Waals surface area contributed by atoms with Crippen molar-refractivity contribution >= 4 is 28.7 Å². The van der Waals surface area contributed by atoms with Gasteiger partial charge in [0.05, 0.1) is 0 Å². The lowest BCUT2D eigenvalue weighted by atomic mass is 9.98. The van der Waals surface area contributed by atoms with Gasteiger partial charge in [0.25, 0.3) is 0 Å². The van der Waals surface area contributed by atoms with Crippen molar-refractivity contribution in [3.05, 3.63) is 59.2 Å². The fourth-order valence-electron chi connectivity index (χ4n) is 4.17. The number of anilines is 2. The van der Waals surface area contributed by atoms with Crippen molar-refractivity contribution in [2.24, 2.45) is 0 Å². The lowest BCUT2D eigenvalue weighted by Crippen LogP contribution is -2.40. The number of hydrogen-bond donors (Lipinski definition) is 1. The van der Waals surface area contributed by atoms with E-state index in [0.29, 0.717) is 6.04 Å². The molecule has 1 aliphatic rings. The lowest BCUT2D eigenvalue weighted by Gasteiger charge is -2.34. The number of rotatable bonds is 8. The Hall–Kier alpha value is -2.07. The second-order valence-corrected chi connectivity index (χ2v) is 8.98. The van der Waals surface area contributed by atoms with Crippen LogP contribution in [0, 0.1) is 6.92 Å². The molecule has 1 heterocycles. The van der Waals surface area contributed by atoms with E-state index in [2.05, 4.69) is 85.3 Å². The zero-order valence-electron chi connectivity index (χ0n) is 19.1. The molecule has 0 saturated carbocycles. The average molecular weight is 424 g/mol. The Labute approximate surface area is 188 Å². The third-order valence-electron chi connectivity index (χ3n) is 6.15. The monoisotopic (exact) mass is 423 g/mol. The molecule has 0 fully saturated rings. The number of aryl methyl sites for hydroxylation is 2. The van der Waals surface area contributed by atoms with Crippen LogP contribution in [0.15, 0.2) is 42.5 Å². The van der Waals surface area contributed by atoms with Gasteiger partial charge >= 0.3 is 0 Å². The first-order valence-corrected chi connectivity index (χ1v) is 11.9. The standard InChI is InChI=1S/C26H37N3S/c1-5-7-15-28-16-9-11-23-18-22(13-14-25(23)28)19-29(21(4)6-2)26(30)27-24-12-8-10-20(3)17-24/h8,10,12-14,17-18,21H,5-7,9,11,15-16,19H2,1-4H3,(H,27,30)/t21-/m1/s1. The first-order valence-electron chi connectivity index (χ1n) is 11.5. The van der Waals surface area contributed by atoms with Crippen molar-refractivity contribution in [2.45, 2.75) is 72.4 Å². The fourth-order valence-corrected chi connectivity index (χ4v) is 4.53. The zero-order valence-corrected chi connectivity index (χ0v) is 19.9. The maximum atomic E-state index is 5.84. The van der Waals surface area contributed by atoms with Crippen molar-refractivity contribution in [3.63, 3.8) is 0 Å². The second kappa shape index (κ2) is 10.8. The van der Waals surface area contributed by atoms with Crippen LogP contribution >= 0.6 is 12.2 Å². The highest BCUT2D eigenvalue weighted by Crippen LogP contribution is 2.29. The summed E-state index contributed by atoms with van der Waals surface area (Å²) in [5.74, 6) is 0. The molecule has 4 heteroatoms. The van der Waals surface area contributed by atoms with E-state index in [9.17, 15) is 0 Å². The van der Waals surface area contributed by atoms with Crippen LogP contribution in [0.4, 0.5) is 11.4 Å². The molecule has 0 radical (unpaired) electrons. The Kier molecular flexibility index (Phi) is 8.15. The molecular weight excluding hydrogens is 386 g/mol. The largest absolute Gasteiger partial charge is 0.371 e. The van der Waals surface area contributed by atoms with Crippen molar-refractivity contribution in [3.8, 4) is 0 Å². The van der Waals surface area contributed by atoms with E-state index < -0.39 is 0 Å². The highest BCUT2D eigenvalue weighted by molar-refractivity contribution is 7.80. The van der Waals surface area contributed by atoms with E-state index in [0.717, 1.165) is 23.8 Å². The van der Waals surface area contributed by atoms with Crippen LogP contribution in [0.2, 0.25) is 0 Å². The number of nitrogens with zero attached hydrogens (tertiary/aromatic N) is 2. The summed E-state index contributed by atoms with van der Waals surface area (Å²) in [5, 5.41) is 4.26. The summed E-state index contributed by atoms with van der Waals surface area (Å²) >= 11 is 5.84. The van der Waals surface area contributed by atoms with Gasteiger partial charge in [-0.15, -0.1) is 0 Å². The summed E-state index contributed by atoms with van der Waals surface area (Å²) in [5.41, 5.74) is 6.58. The topological polar surface area (TPSA) is 18.5 Å². The van der Waals surface area contributed by atoms with Crippen molar-refractivity contribution < 1.29 is 0 Å². The Morgan fingerprint density at radius 3 is 2.77 bits per heavy atom. The van der Waals surface area contributed by atoms with Gasteiger partial charge < -0.3 is 15.1 Å². The molecule has 30 heavy (non-hydrogen) atoms. The Morgan fingerprint density at radius 2 is 2.03 bits per heavy atom. The minimum Gasteiger partial charge on any atom is -0.371 e. The van der Waals surface area contributed by atoms with Gasteiger partial charge in [-0.05, 0) is 86.6 Å². The predicted octanol–water partition coefficient (Wildman–Crippen LogP) is 6.55. The first-order chi connectivity index (χ1) is 14.5. The molecule has 3 rings (SSSR count). The summed E-state index contributed by atoms with van der Waals surface area (Å²) in [6.07, 6.45) is 6.01. The average Bonchev–Trinajstić information content (AvgIpc) is 2.75. The Balaban J connectivity index is 1.75. The van der Waals surface area contributed by atoms with Crippen LogP contribution in [0.3, 0.4) is 0 Å². The fraction of sp³-hybridized carbons (Fsp3) is 0.500. The van der Waals surface area contributed by atoms with Gasteiger partial charge in [0, 0.05) is 37.1 Å². The molecule has 0 bridgehead atoms. The molecule has 0 spiro atoms. The molecule has 0 amide bonds. The molecule has 1 N–H and O–H groups in total. The van der Waals surface area contributed by atoms with Gasteiger partial charge in [-0.2, -0.15) is 0 Å². The molecule has 0 saturated heterocycles. The molecule has 0 aliphatic carbocycles. The maximum absolute atomic E-state index is 5.84. The SMILES string of the molecule is CCCCN1CCCc2cc(CN(C(=S)Nc3cccc(C)c3)[C@H](C)CC)ccc21. The second-order valence-electron chi connectivity index (χ2n) is 8.59. The van der Waals surface area contributed by atoms with E-state index in [1.165, 1.54) is 61.2 Å². The summed E-state index contributed by atoms with van der Waals surface area (Å²) in [6, 6.07) is 15.8. The smallest absolute Gasteiger partial charge is 0.173 e. The van der Waals surface area contributed by atoms with Gasteiger partial charge in [-0.25, -0.2) is 0 Å². The molecule has 3 nitrogen and oxygen atoms in total. The van der Waals surface area contributed by atoms with Crippen LogP contribution in [0.1, 0.15) is 63.1 Å². The van der Waals surface area contributed by atoms with Crippen molar-refractivity contribution in [1.29, 1.82) is 0 Å². The van der Waals surface area contributed by atoms with Gasteiger partial charge in [-0.3, -0.25) is 0 Å². The number of hydrogen-bond acceptors (Lipinski definition) is 2. The van der Waals surface area contributed by atoms with Crippen LogP contribution in [-0.2, 0) is 13.0 Å². The van der Waals surface area contributed by atoms with E-state index in [-0.39, 0.29) is 0 Å². The van der Waals surface area contributed by atoms with E-state index in [1.807, 2.05) is 0 Å². The predicted molar refractivity (Wildman–Crippen MR) is 135 cm³/mol. The number of unbranched alkanes of at least 4 members (excludes halogenated alkanes) is 1. The molecule has 1 atom stereocenters. The number of fused-ring (bicyclic) bond motifs is 1. The highest BCUT2D eigenvalue weighted by atomic mass is 32.1. The summed E-state index contributed by atoms with van der Waals surface area (Å²) in [6.45, 7) is 12.1. The van der Waals surface area contributed by atoms with Crippen LogP contribution < -0.4 is 10.2 Å². The highest BCUT2D eigenvalue weighted by Gasteiger charge is 2.20. The molecule has 0 aromatic heterocycles. The molecule has 1 aliphatic heterocycles. The van der Waals surface area contributed by atoms with E-state index in [4.69, 9.17) is 12.2 Å². The van der Waals surface area contributed by atoms with Crippen LogP contribution in [0.25, 0.3) is 0 Å². The molecule has 162 valence electrons. The number of benzene rings is 2. The molecule has 2 aromatic carbocycles. The third-order valence-corrected chi connectivity index (χ3v) is 6.48. The van der Waals surface area contributed by atoms with Gasteiger partial charge in [0.15, 0.2) is 5.11 Å². The third kappa shape index (κ3) is 5.75. The quantitative estimate of drug-likeness (QED) is 0.485. The first kappa shape index (κ1) is 22.6. The number of thiocarbonyl (C=S) groups is 1. The summed E-state index contributed by atoms with van der Waals surface area (Å²) in [7, 11) is 0. The Morgan fingerprint density at radius 1 is 1.20 bits per heavy atom. The zero-order chi connectivity index (χ0) is 21.5. The van der Waals surface area contributed by atoms with Crippen molar-refractivity contribution in [2.75, 3.05) is 23.3 Å². The molecule has 2 aromatic rings. The van der Waals surface area contributed by atoms with Crippen LogP contribution in [0.5, 0.6) is 0 Å². The van der Waals surface area contributed by atoms with E-state index in [1.54, 1.807) is 0 Å². The maximum Gasteiger partial charge on any atom is 0.173 e. The minimum absolute atomic E-state index is 0.381. The molecule has 0 unspecified atom stereocenters. The van der Waals surface area contributed by atoms with Crippen molar-refractivity contribution in [1.82, 2.24) is 4.90 Å². The van der Waals surface area contributed by atoms with Gasteiger partial charge in [0.2, 0.25) is 0 Å².